The summed E-state index contributed by atoms with van der Waals surface area (Å²) in [5, 5.41) is 11.3. The Morgan fingerprint density at radius 2 is 1.56 bits per heavy atom. The number of aromatic nitrogens is 2. The van der Waals surface area contributed by atoms with Crippen LogP contribution >= 0.6 is 0 Å². The molecule has 0 N–H and O–H groups in total. The minimum absolute atomic E-state index is 0.684. The molecule has 27 heavy (non-hydrogen) atoms. The smallest absolute Gasteiger partial charge is 0.100 e. The molecule has 3 nitrogen and oxygen atoms in total. The van der Waals surface area contributed by atoms with Gasteiger partial charge < -0.3 is 0 Å². The molecule has 0 atom stereocenters. The maximum atomic E-state index is 9.07. The lowest BCUT2D eigenvalue weighted by Gasteiger charge is -2.09. The number of hydrogen-bond acceptors (Lipinski definition) is 2. The first-order valence-corrected chi connectivity index (χ1v) is 8.79. The SMILES string of the molecule is N#Cc1ccc2cc(-c3cccc(-n4cnc5ccccc54)c3)ccc2c1. The fourth-order valence-electron chi connectivity index (χ4n) is 3.50. The van der Waals surface area contributed by atoms with Gasteiger partial charge in [-0.25, -0.2) is 4.98 Å². The van der Waals surface area contributed by atoms with Gasteiger partial charge >= 0.3 is 0 Å². The van der Waals surface area contributed by atoms with E-state index in [0.717, 1.165) is 38.6 Å². The van der Waals surface area contributed by atoms with Crippen molar-refractivity contribution in [2.75, 3.05) is 0 Å². The topological polar surface area (TPSA) is 41.6 Å². The van der Waals surface area contributed by atoms with Gasteiger partial charge in [0.05, 0.1) is 22.7 Å². The van der Waals surface area contributed by atoms with Crippen molar-refractivity contribution in [3.05, 3.63) is 96.8 Å². The number of imidazole rings is 1. The molecule has 1 aromatic heterocycles. The highest BCUT2D eigenvalue weighted by atomic mass is 15.0. The summed E-state index contributed by atoms with van der Waals surface area (Å²) in [5.41, 5.74) is 6.15. The number of nitriles is 1. The molecule has 5 aromatic rings. The second-order valence-corrected chi connectivity index (χ2v) is 6.54. The summed E-state index contributed by atoms with van der Waals surface area (Å²) in [6, 6.07) is 30.9. The molecule has 0 saturated heterocycles. The predicted octanol–water partition coefficient (Wildman–Crippen LogP) is 5.72. The van der Waals surface area contributed by atoms with Gasteiger partial charge in [-0.3, -0.25) is 4.57 Å². The maximum Gasteiger partial charge on any atom is 0.100 e. The van der Waals surface area contributed by atoms with Gasteiger partial charge in [0.25, 0.3) is 0 Å². The second-order valence-electron chi connectivity index (χ2n) is 6.54. The van der Waals surface area contributed by atoms with Crippen LogP contribution in [0.3, 0.4) is 0 Å². The molecule has 0 bridgehead atoms. The van der Waals surface area contributed by atoms with E-state index >= 15 is 0 Å². The van der Waals surface area contributed by atoms with Crippen molar-refractivity contribution in [1.29, 1.82) is 5.26 Å². The third kappa shape index (κ3) is 2.65. The molecule has 0 fully saturated rings. The average Bonchev–Trinajstić information content (AvgIpc) is 3.17. The summed E-state index contributed by atoms with van der Waals surface area (Å²) in [4.78, 5) is 4.49. The van der Waals surface area contributed by atoms with Crippen LogP contribution in [0.4, 0.5) is 0 Å². The first kappa shape index (κ1) is 15.4. The lowest BCUT2D eigenvalue weighted by Crippen LogP contribution is -1.92. The van der Waals surface area contributed by atoms with Crippen molar-refractivity contribution in [2.24, 2.45) is 0 Å². The van der Waals surface area contributed by atoms with E-state index in [9.17, 15) is 0 Å². The zero-order valence-electron chi connectivity index (χ0n) is 14.5. The Kier molecular flexibility index (Phi) is 3.48. The molecular formula is C24H15N3. The van der Waals surface area contributed by atoms with Gasteiger partial charge in [0.15, 0.2) is 0 Å². The zero-order chi connectivity index (χ0) is 18.2. The van der Waals surface area contributed by atoms with Crippen molar-refractivity contribution >= 4 is 21.8 Å². The molecule has 1 heterocycles. The largest absolute Gasteiger partial charge is 0.299 e. The maximum absolute atomic E-state index is 9.07. The quantitative estimate of drug-likeness (QED) is 0.411. The molecule has 0 aliphatic carbocycles. The highest BCUT2D eigenvalue weighted by molar-refractivity contribution is 5.88. The second kappa shape index (κ2) is 6.12. The zero-order valence-corrected chi connectivity index (χ0v) is 14.5. The van der Waals surface area contributed by atoms with Crippen molar-refractivity contribution < 1.29 is 0 Å². The van der Waals surface area contributed by atoms with Crippen LogP contribution in [0.5, 0.6) is 0 Å². The summed E-state index contributed by atoms with van der Waals surface area (Å²) in [5.74, 6) is 0. The number of nitrogens with zero attached hydrogens (tertiary/aromatic N) is 3. The van der Waals surface area contributed by atoms with Crippen LogP contribution in [0, 0.1) is 11.3 Å². The number of benzene rings is 4. The number of fused-ring (bicyclic) bond motifs is 2. The minimum atomic E-state index is 0.684. The van der Waals surface area contributed by atoms with Crippen LogP contribution in [-0.4, -0.2) is 9.55 Å². The molecule has 0 aliphatic heterocycles. The first-order chi connectivity index (χ1) is 13.3. The molecule has 0 unspecified atom stereocenters. The van der Waals surface area contributed by atoms with Crippen LogP contribution in [-0.2, 0) is 0 Å². The molecule has 126 valence electrons. The van der Waals surface area contributed by atoms with Gasteiger partial charge in [-0.05, 0) is 64.4 Å². The van der Waals surface area contributed by atoms with E-state index in [-0.39, 0.29) is 0 Å². The molecule has 5 rings (SSSR count). The molecule has 0 radical (unpaired) electrons. The third-order valence-corrected chi connectivity index (χ3v) is 4.88. The molecule has 3 heteroatoms. The number of rotatable bonds is 2. The van der Waals surface area contributed by atoms with Crippen LogP contribution in [0.1, 0.15) is 5.56 Å². The van der Waals surface area contributed by atoms with Crippen LogP contribution < -0.4 is 0 Å². The fraction of sp³-hybridized carbons (Fsp3) is 0. The molecule has 4 aromatic carbocycles. The fourth-order valence-corrected chi connectivity index (χ4v) is 3.50. The first-order valence-electron chi connectivity index (χ1n) is 8.79. The molecule has 0 aliphatic rings. The van der Waals surface area contributed by atoms with E-state index in [1.807, 2.05) is 42.7 Å². The predicted molar refractivity (Wildman–Crippen MR) is 109 cm³/mol. The minimum Gasteiger partial charge on any atom is -0.299 e. The van der Waals surface area contributed by atoms with Crippen molar-refractivity contribution in [3.8, 4) is 22.9 Å². The molecule has 0 spiro atoms. The van der Waals surface area contributed by atoms with E-state index < -0.39 is 0 Å². The Morgan fingerprint density at radius 1 is 0.741 bits per heavy atom. The van der Waals surface area contributed by atoms with Gasteiger partial charge in [0.1, 0.15) is 6.33 Å². The van der Waals surface area contributed by atoms with Crippen LogP contribution in [0.15, 0.2) is 91.3 Å². The molecule has 0 amide bonds. The lowest BCUT2D eigenvalue weighted by molar-refractivity contribution is 1.09. The van der Waals surface area contributed by atoms with E-state index in [0.29, 0.717) is 5.56 Å². The van der Waals surface area contributed by atoms with E-state index in [4.69, 9.17) is 5.26 Å². The highest BCUT2D eigenvalue weighted by Gasteiger charge is 2.06. The Morgan fingerprint density at radius 3 is 2.48 bits per heavy atom. The molecular weight excluding hydrogens is 330 g/mol. The Bertz CT molecular complexity index is 1340. The van der Waals surface area contributed by atoms with Gasteiger partial charge in [-0.15, -0.1) is 0 Å². The Balaban J connectivity index is 1.61. The summed E-state index contributed by atoms with van der Waals surface area (Å²) in [7, 11) is 0. The number of hydrogen-bond donors (Lipinski definition) is 0. The van der Waals surface area contributed by atoms with Crippen LogP contribution in [0.2, 0.25) is 0 Å². The van der Waals surface area contributed by atoms with Gasteiger partial charge in [-0.1, -0.05) is 42.5 Å². The normalized spacial score (nSPS) is 10.9. The third-order valence-electron chi connectivity index (χ3n) is 4.88. The van der Waals surface area contributed by atoms with Gasteiger partial charge in [-0.2, -0.15) is 5.26 Å². The van der Waals surface area contributed by atoms with Crippen molar-refractivity contribution in [3.63, 3.8) is 0 Å². The summed E-state index contributed by atoms with van der Waals surface area (Å²) in [6.45, 7) is 0. The van der Waals surface area contributed by atoms with Crippen LogP contribution in [0.25, 0.3) is 38.6 Å². The van der Waals surface area contributed by atoms with Crippen molar-refractivity contribution in [2.45, 2.75) is 0 Å². The van der Waals surface area contributed by atoms with E-state index in [2.05, 4.69) is 64.2 Å². The number of para-hydroxylation sites is 2. The Labute approximate surface area is 156 Å². The lowest BCUT2D eigenvalue weighted by atomic mass is 10.00. The average molecular weight is 345 g/mol. The highest BCUT2D eigenvalue weighted by Crippen LogP contribution is 2.27. The standard InChI is InChI=1S/C24H15N3/c25-15-17-8-9-20-13-21(11-10-19(20)12-17)18-4-3-5-22(14-18)27-16-26-23-6-1-2-7-24(23)27/h1-14,16H. The summed E-state index contributed by atoms with van der Waals surface area (Å²) >= 11 is 0. The Hall–Kier alpha value is -3.90. The van der Waals surface area contributed by atoms with Crippen molar-refractivity contribution in [1.82, 2.24) is 9.55 Å². The molecule has 0 saturated carbocycles. The van der Waals surface area contributed by atoms with Gasteiger partial charge in [0, 0.05) is 5.69 Å². The van der Waals surface area contributed by atoms with E-state index in [1.54, 1.807) is 0 Å². The van der Waals surface area contributed by atoms with Gasteiger partial charge in [0.2, 0.25) is 0 Å². The van der Waals surface area contributed by atoms with E-state index in [1.165, 1.54) is 0 Å². The summed E-state index contributed by atoms with van der Waals surface area (Å²) < 4.78 is 2.11. The monoisotopic (exact) mass is 345 g/mol. The summed E-state index contributed by atoms with van der Waals surface area (Å²) in [6.07, 6.45) is 1.87.